The molecule has 2 aromatic rings. The molecule has 0 bridgehead atoms. The van der Waals surface area contributed by atoms with Crippen LogP contribution in [0.5, 0.6) is 5.88 Å². The average Bonchev–Trinajstić information content (AvgIpc) is 2.48. The lowest BCUT2D eigenvalue weighted by Crippen LogP contribution is -2.28. The van der Waals surface area contributed by atoms with E-state index in [1.807, 2.05) is 39.8 Å². The summed E-state index contributed by atoms with van der Waals surface area (Å²) in [4.78, 5) is 4.37. The Morgan fingerprint density at radius 1 is 1.10 bits per heavy atom. The van der Waals surface area contributed by atoms with Crippen molar-refractivity contribution in [2.45, 2.75) is 33.2 Å². The van der Waals surface area contributed by atoms with Crippen LogP contribution in [0, 0.1) is 5.82 Å². The van der Waals surface area contributed by atoms with Gasteiger partial charge < -0.3 is 10.5 Å². The number of methoxy groups -OCH3 is 1. The molecule has 0 spiro atoms. The highest BCUT2D eigenvalue weighted by Gasteiger charge is 2.17. The third-order valence-electron chi connectivity index (χ3n) is 2.89. The maximum absolute atomic E-state index is 13.0. The predicted molar refractivity (Wildman–Crippen MR) is 84.7 cm³/mol. The molecule has 2 N–H and O–H groups in total. The van der Waals surface area contributed by atoms with Gasteiger partial charge in [-0.05, 0) is 49.7 Å². The van der Waals surface area contributed by atoms with Crippen molar-refractivity contribution in [1.29, 1.82) is 0 Å². The maximum atomic E-state index is 13.0. The summed E-state index contributed by atoms with van der Waals surface area (Å²) in [7, 11) is 1.56. The molecule has 0 aliphatic carbocycles. The first-order chi connectivity index (χ1) is 9.90. The van der Waals surface area contributed by atoms with E-state index in [-0.39, 0.29) is 5.82 Å². The molecule has 0 saturated carbocycles. The molecule has 0 saturated heterocycles. The third kappa shape index (κ3) is 4.53. The molecule has 0 atom stereocenters. The SMILES string of the molecule is CC.COc1cc(C(C)(C)N)cc(-c2ccc(F)cc2)n1. The number of aromatic nitrogens is 1. The quantitative estimate of drug-likeness (QED) is 0.925. The average molecular weight is 290 g/mol. The summed E-state index contributed by atoms with van der Waals surface area (Å²) in [5, 5.41) is 0. The summed E-state index contributed by atoms with van der Waals surface area (Å²) >= 11 is 0. The second kappa shape index (κ2) is 7.18. The first-order valence-electron chi connectivity index (χ1n) is 7.01. The molecule has 4 heteroatoms. The molecular weight excluding hydrogens is 267 g/mol. The fourth-order valence-electron chi connectivity index (χ4n) is 1.75. The smallest absolute Gasteiger partial charge is 0.213 e. The number of pyridine rings is 1. The Labute approximate surface area is 126 Å². The van der Waals surface area contributed by atoms with Gasteiger partial charge in [-0.1, -0.05) is 13.8 Å². The van der Waals surface area contributed by atoms with Crippen molar-refractivity contribution >= 4 is 0 Å². The number of rotatable bonds is 3. The summed E-state index contributed by atoms with van der Waals surface area (Å²) in [6.07, 6.45) is 0. The Kier molecular flexibility index (Phi) is 5.85. The van der Waals surface area contributed by atoms with Crippen LogP contribution in [0.2, 0.25) is 0 Å². The van der Waals surface area contributed by atoms with Gasteiger partial charge in [0.1, 0.15) is 5.82 Å². The van der Waals surface area contributed by atoms with Crippen molar-refractivity contribution in [3.05, 3.63) is 47.8 Å². The summed E-state index contributed by atoms with van der Waals surface area (Å²) in [5.41, 5.74) is 8.07. The fraction of sp³-hybridized carbons (Fsp3) is 0.353. The Morgan fingerprint density at radius 2 is 1.67 bits per heavy atom. The van der Waals surface area contributed by atoms with Crippen LogP contribution in [-0.4, -0.2) is 12.1 Å². The largest absolute Gasteiger partial charge is 0.481 e. The molecule has 0 radical (unpaired) electrons. The lowest BCUT2D eigenvalue weighted by molar-refractivity contribution is 0.395. The molecule has 114 valence electrons. The van der Waals surface area contributed by atoms with Crippen molar-refractivity contribution < 1.29 is 9.13 Å². The molecule has 0 unspecified atom stereocenters. The van der Waals surface area contributed by atoms with Gasteiger partial charge in [-0.25, -0.2) is 9.37 Å². The van der Waals surface area contributed by atoms with Crippen molar-refractivity contribution in [3.63, 3.8) is 0 Å². The summed E-state index contributed by atoms with van der Waals surface area (Å²) < 4.78 is 18.1. The zero-order chi connectivity index (χ0) is 16.0. The van der Waals surface area contributed by atoms with Gasteiger partial charge in [0.2, 0.25) is 5.88 Å². The lowest BCUT2D eigenvalue weighted by atomic mass is 9.95. The van der Waals surface area contributed by atoms with Crippen molar-refractivity contribution in [2.75, 3.05) is 7.11 Å². The Balaban J connectivity index is 0.00000106. The molecule has 2 rings (SSSR count). The van der Waals surface area contributed by atoms with Crippen LogP contribution in [0.3, 0.4) is 0 Å². The van der Waals surface area contributed by atoms with Crippen molar-refractivity contribution in [3.8, 4) is 17.1 Å². The first-order valence-corrected chi connectivity index (χ1v) is 7.01. The Hall–Kier alpha value is -1.94. The second-order valence-corrected chi connectivity index (χ2v) is 5.01. The van der Waals surface area contributed by atoms with Gasteiger partial charge >= 0.3 is 0 Å². The van der Waals surface area contributed by atoms with Crippen molar-refractivity contribution in [2.24, 2.45) is 5.73 Å². The molecule has 0 fully saturated rings. The predicted octanol–water partition coefficient (Wildman–Crippen LogP) is 4.12. The number of benzene rings is 1. The molecule has 1 aromatic carbocycles. The van der Waals surface area contributed by atoms with Gasteiger partial charge in [0, 0.05) is 17.2 Å². The molecule has 21 heavy (non-hydrogen) atoms. The summed E-state index contributed by atoms with van der Waals surface area (Å²) in [6, 6.07) is 9.89. The van der Waals surface area contributed by atoms with Crippen LogP contribution in [0.15, 0.2) is 36.4 Å². The number of halogens is 1. The number of nitrogens with zero attached hydrogens (tertiary/aromatic N) is 1. The van der Waals surface area contributed by atoms with E-state index in [2.05, 4.69) is 4.98 Å². The maximum Gasteiger partial charge on any atom is 0.213 e. The molecule has 1 aromatic heterocycles. The topological polar surface area (TPSA) is 48.1 Å². The molecule has 3 nitrogen and oxygen atoms in total. The van der Waals surface area contributed by atoms with Gasteiger partial charge in [-0.15, -0.1) is 0 Å². The van der Waals surface area contributed by atoms with E-state index in [4.69, 9.17) is 10.5 Å². The molecule has 0 aliphatic heterocycles. The van der Waals surface area contributed by atoms with E-state index in [1.165, 1.54) is 12.1 Å². The molecule has 0 amide bonds. The fourth-order valence-corrected chi connectivity index (χ4v) is 1.75. The van der Waals surface area contributed by atoms with Gasteiger partial charge in [-0.2, -0.15) is 0 Å². The summed E-state index contributed by atoms with van der Waals surface area (Å²) in [6.45, 7) is 7.83. The zero-order valence-electron chi connectivity index (χ0n) is 13.3. The van der Waals surface area contributed by atoms with Crippen molar-refractivity contribution in [1.82, 2.24) is 4.98 Å². The first kappa shape index (κ1) is 17.1. The summed E-state index contributed by atoms with van der Waals surface area (Å²) in [5.74, 6) is 0.223. The van der Waals surface area contributed by atoms with E-state index in [0.29, 0.717) is 11.6 Å². The minimum absolute atomic E-state index is 0.272. The van der Waals surface area contributed by atoms with Crippen LogP contribution in [0.25, 0.3) is 11.3 Å². The monoisotopic (exact) mass is 290 g/mol. The third-order valence-corrected chi connectivity index (χ3v) is 2.89. The van der Waals surface area contributed by atoms with Crippen LogP contribution in [-0.2, 0) is 5.54 Å². The number of hydrogen-bond donors (Lipinski definition) is 1. The zero-order valence-corrected chi connectivity index (χ0v) is 13.3. The van der Waals surface area contributed by atoms with Gasteiger partial charge in [-0.3, -0.25) is 0 Å². The molecule has 1 heterocycles. The minimum Gasteiger partial charge on any atom is -0.481 e. The van der Waals surface area contributed by atoms with E-state index in [0.717, 1.165) is 11.1 Å². The lowest BCUT2D eigenvalue weighted by Gasteiger charge is -2.20. The standard InChI is InChI=1S/C15H17FN2O.C2H6/c1-15(2,17)11-8-13(18-14(9-11)19-3)10-4-6-12(16)7-5-10;1-2/h4-9H,17H2,1-3H3;1-2H3. The van der Waals surface area contributed by atoms with Gasteiger partial charge in [0.25, 0.3) is 0 Å². The van der Waals surface area contributed by atoms with E-state index in [9.17, 15) is 4.39 Å². The highest BCUT2D eigenvalue weighted by atomic mass is 19.1. The van der Waals surface area contributed by atoms with Crippen LogP contribution >= 0.6 is 0 Å². The number of nitrogens with two attached hydrogens (primary N) is 1. The van der Waals surface area contributed by atoms with Gasteiger partial charge in [0.15, 0.2) is 0 Å². The second-order valence-electron chi connectivity index (χ2n) is 5.01. The van der Waals surface area contributed by atoms with Crippen LogP contribution in [0.4, 0.5) is 4.39 Å². The Morgan fingerprint density at radius 3 is 2.14 bits per heavy atom. The molecule has 0 aliphatic rings. The highest BCUT2D eigenvalue weighted by molar-refractivity contribution is 5.61. The molecular formula is C17H23FN2O. The Bertz CT molecular complexity index is 574. The van der Waals surface area contributed by atoms with Crippen LogP contribution < -0.4 is 10.5 Å². The van der Waals surface area contributed by atoms with E-state index < -0.39 is 5.54 Å². The van der Waals surface area contributed by atoms with E-state index >= 15 is 0 Å². The normalized spacial score (nSPS) is 10.6. The van der Waals surface area contributed by atoms with Gasteiger partial charge in [0.05, 0.1) is 12.8 Å². The van der Waals surface area contributed by atoms with Crippen LogP contribution in [0.1, 0.15) is 33.3 Å². The number of ether oxygens (including phenoxy) is 1. The minimum atomic E-state index is -0.495. The highest BCUT2D eigenvalue weighted by Crippen LogP contribution is 2.27. The van der Waals surface area contributed by atoms with E-state index in [1.54, 1.807) is 19.2 Å². The number of hydrogen-bond acceptors (Lipinski definition) is 3.